The van der Waals surface area contributed by atoms with Gasteiger partial charge in [0.2, 0.25) is 16.0 Å². The summed E-state index contributed by atoms with van der Waals surface area (Å²) < 4.78 is 37.9. The van der Waals surface area contributed by atoms with Crippen molar-refractivity contribution < 1.29 is 17.9 Å². The van der Waals surface area contributed by atoms with Gasteiger partial charge < -0.3 is 20.1 Å². The predicted molar refractivity (Wildman–Crippen MR) is 143 cm³/mol. The topological polar surface area (TPSA) is 111 Å². The summed E-state index contributed by atoms with van der Waals surface area (Å²) in [6.07, 6.45) is 2.03. The van der Waals surface area contributed by atoms with E-state index in [-0.39, 0.29) is 11.2 Å². The first kappa shape index (κ1) is 26.0. The zero-order valence-electron chi connectivity index (χ0n) is 21.4. The Morgan fingerprint density at radius 2 is 1.69 bits per heavy atom. The molecule has 0 amide bonds. The molecule has 9 nitrogen and oxygen atoms in total. The fraction of sp³-hybridized carbons (Fsp3) is 0.462. The lowest BCUT2D eigenvalue weighted by atomic mass is 9.73. The van der Waals surface area contributed by atoms with Crippen LogP contribution in [0.4, 0.5) is 11.8 Å². The molecule has 4 rings (SSSR count). The van der Waals surface area contributed by atoms with E-state index >= 15 is 0 Å². The van der Waals surface area contributed by atoms with Gasteiger partial charge in [0.1, 0.15) is 5.82 Å². The Morgan fingerprint density at radius 1 is 1.06 bits per heavy atom. The summed E-state index contributed by atoms with van der Waals surface area (Å²) in [6, 6.07) is 13.9. The largest absolute Gasteiger partial charge is 0.493 e. The molecule has 2 aromatic carbocycles. The van der Waals surface area contributed by atoms with Crippen LogP contribution in [-0.2, 0) is 15.4 Å². The van der Waals surface area contributed by atoms with Crippen molar-refractivity contribution in [2.45, 2.75) is 31.6 Å². The van der Waals surface area contributed by atoms with Crippen molar-refractivity contribution in [1.82, 2.24) is 14.3 Å². The Morgan fingerprint density at radius 3 is 2.31 bits per heavy atom. The van der Waals surface area contributed by atoms with Crippen LogP contribution < -0.4 is 20.1 Å². The van der Waals surface area contributed by atoms with E-state index in [1.54, 1.807) is 30.7 Å². The molecule has 1 aliphatic rings. The van der Waals surface area contributed by atoms with E-state index in [0.29, 0.717) is 73.1 Å². The van der Waals surface area contributed by atoms with Gasteiger partial charge in [-0.15, -0.1) is 0 Å². The number of aromatic nitrogens is 2. The van der Waals surface area contributed by atoms with E-state index in [1.165, 1.54) is 5.56 Å². The van der Waals surface area contributed by atoms with Gasteiger partial charge in [0.25, 0.3) is 0 Å². The van der Waals surface area contributed by atoms with Gasteiger partial charge >= 0.3 is 0 Å². The minimum Gasteiger partial charge on any atom is -0.493 e. The van der Waals surface area contributed by atoms with E-state index < -0.39 is 10.0 Å². The maximum absolute atomic E-state index is 12.7. The highest BCUT2D eigenvalue weighted by atomic mass is 32.2. The standard InChI is InChI=1S/C26H35N5O4S/c1-5-15-36(32,33)31-13-11-26(12-14-31,19-9-7-6-8-10-19)18-30(2)25-28-21-17-23(35-4)22(34-3)16-20(21)24(27)29-25/h6-10,16-17H,5,11-15,18H2,1-4H3,(H2,27,28,29). The van der Waals surface area contributed by atoms with Crippen LogP contribution in [0.3, 0.4) is 0 Å². The SMILES string of the molecule is CCCS(=O)(=O)N1CCC(CN(C)c2nc(N)c3cc(OC)c(OC)cc3n2)(c2ccccc2)CC1. The zero-order chi connectivity index (χ0) is 25.9. The van der Waals surface area contributed by atoms with Gasteiger partial charge in [-0.3, -0.25) is 0 Å². The lowest BCUT2D eigenvalue weighted by Gasteiger charge is -2.43. The van der Waals surface area contributed by atoms with Gasteiger partial charge in [0.15, 0.2) is 11.5 Å². The van der Waals surface area contributed by atoms with Gasteiger partial charge in [-0.1, -0.05) is 37.3 Å². The maximum Gasteiger partial charge on any atom is 0.227 e. The van der Waals surface area contributed by atoms with Gasteiger partial charge in [0.05, 0.1) is 25.5 Å². The third-order valence-electron chi connectivity index (χ3n) is 7.02. The normalized spacial score (nSPS) is 16.1. The number of nitrogens with two attached hydrogens (primary N) is 1. The number of rotatable bonds is 9. The molecule has 1 saturated heterocycles. The third-order valence-corrected chi connectivity index (χ3v) is 9.10. The molecule has 0 bridgehead atoms. The maximum atomic E-state index is 12.7. The monoisotopic (exact) mass is 513 g/mol. The van der Waals surface area contributed by atoms with Crippen LogP contribution in [-0.4, -0.2) is 69.3 Å². The van der Waals surface area contributed by atoms with Crippen LogP contribution in [0.1, 0.15) is 31.7 Å². The number of sulfonamides is 1. The molecule has 0 aliphatic carbocycles. The zero-order valence-corrected chi connectivity index (χ0v) is 22.2. The van der Waals surface area contributed by atoms with Crippen molar-refractivity contribution in [3.05, 3.63) is 48.0 Å². The summed E-state index contributed by atoms with van der Waals surface area (Å²) in [5.41, 5.74) is 7.93. The molecule has 3 aromatic rings. The van der Waals surface area contributed by atoms with Crippen LogP contribution in [0.2, 0.25) is 0 Å². The molecule has 2 N–H and O–H groups in total. The quantitative estimate of drug-likeness (QED) is 0.463. The van der Waals surface area contributed by atoms with Gasteiger partial charge in [-0.2, -0.15) is 4.98 Å². The summed E-state index contributed by atoms with van der Waals surface area (Å²) in [5, 5.41) is 0.692. The number of ether oxygens (including phenoxy) is 2. The molecule has 1 fully saturated rings. The molecule has 1 aromatic heterocycles. The molecular weight excluding hydrogens is 478 g/mol. The van der Waals surface area contributed by atoms with Crippen LogP contribution in [0, 0.1) is 0 Å². The van der Waals surface area contributed by atoms with Gasteiger partial charge in [-0.05, 0) is 30.9 Å². The van der Waals surface area contributed by atoms with Crippen molar-refractivity contribution in [2.24, 2.45) is 0 Å². The predicted octanol–water partition coefficient (Wildman–Crippen LogP) is 3.44. The number of hydrogen-bond donors (Lipinski definition) is 1. The first-order valence-electron chi connectivity index (χ1n) is 12.2. The highest BCUT2D eigenvalue weighted by Crippen LogP contribution is 2.39. The molecule has 2 heterocycles. The van der Waals surface area contributed by atoms with Crippen molar-refractivity contribution in [1.29, 1.82) is 0 Å². The molecule has 36 heavy (non-hydrogen) atoms. The molecular formula is C26H35N5O4S. The Bertz CT molecular complexity index is 1310. The van der Waals surface area contributed by atoms with E-state index in [9.17, 15) is 8.42 Å². The van der Waals surface area contributed by atoms with Crippen molar-refractivity contribution in [2.75, 3.05) is 57.3 Å². The Labute approximate surface area is 213 Å². The third kappa shape index (κ3) is 5.05. The lowest BCUT2D eigenvalue weighted by molar-refractivity contribution is 0.235. The van der Waals surface area contributed by atoms with Crippen molar-refractivity contribution in [3.8, 4) is 11.5 Å². The molecule has 0 spiro atoms. The minimum atomic E-state index is -3.23. The number of anilines is 2. The van der Waals surface area contributed by atoms with Gasteiger partial charge in [-0.25, -0.2) is 17.7 Å². The number of fused-ring (bicyclic) bond motifs is 1. The number of nitrogen functional groups attached to an aromatic ring is 1. The highest BCUT2D eigenvalue weighted by Gasteiger charge is 2.40. The van der Waals surface area contributed by atoms with E-state index in [2.05, 4.69) is 17.1 Å². The second kappa shape index (κ2) is 10.5. The van der Waals surface area contributed by atoms with Crippen LogP contribution in [0.5, 0.6) is 11.5 Å². The fourth-order valence-electron chi connectivity index (χ4n) is 5.07. The summed E-state index contributed by atoms with van der Waals surface area (Å²) >= 11 is 0. The molecule has 194 valence electrons. The summed E-state index contributed by atoms with van der Waals surface area (Å²) in [4.78, 5) is 11.4. The number of likely N-dealkylation sites (N-methyl/N-ethyl adjacent to an activating group) is 1. The molecule has 0 radical (unpaired) electrons. The van der Waals surface area contributed by atoms with E-state index in [1.807, 2.05) is 37.1 Å². The summed E-state index contributed by atoms with van der Waals surface area (Å²) in [7, 11) is 1.87. The first-order chi connectivity index (χ1) is 17.2. The molecule has 0 atom stereocenters. The van der Waals surface area contributed by atoms with Crippen LogP contribution in [0.25, 0.3) is 10.9 Å². The summed E-state index contributed by atoms with van der Waals surface area (Å²) in [5.74, 6) is 2.18. The van der Waals surface area contributed by atoms with E-state index in [4.69, 9.17) is 20.2 Å². The number of nitrogens with zero attached hydrogens (tertiary/aromatic N) is 4. The molecule has 1 aliphatic heterocycles. The summed E-state index contributed by atoms with van der Waals surface area (Å²) in [6.45, 7) is 3.49. The number of methoxy groups -OCH3 is 2. The minimum absolute atomic E-state index is 0.184. The van der Waals surface area contributed by atoms with Crippen LogP contribution in [0.15, 0.2) is 42.5 Å². The highest BCUT2D eigenvalue weighted by molar-refractivity contribution is 7.89. The Kier molecular flexibility index (Phi) is 7.56. The fourth-order valence-corrected chi connectivity index (χ4v) is 6.58. The average molecular weight is 514 g/mol. The Hall–Kier alpha value is -3.11. The number of piperidine rings is 1. The van der Waals surface area contributed by atoms with Crippen molar-refractivity contribution >= 4 is 32.7 Å². The van der Waals surface area contributed by atoms with Crippen molar-refractivity contribution in [3.63, 3.8) is 0 Å². The van der Waals surface area contributed by atoms with Gasteiger partial charge in [0, 0.05) is 43.5 Å². The number of hydrogen-bond acceptors (Lipinski definition) is 8. The first-order valence-corrected chi connectivity index (χ1v) is 13.8. The molecule has 0 unspecified atom stereocenters. The van der Waals surface area contributed by atoms with Crippen LogP contribution >= 0.6 is 0 Å². The molecule has 10 heteroatoms. The average Bonchev–Trinajstić information content (AvgIpc) is 2.88. The van der Waals surface area contributed by atoms with E-state index in [0.717, 1.165) is 0 Å². The Balaban J connectivity index is 1.66. The second-order valence-electron chi connectivity index (χ2n) is 9.35. The number of benzene rings is 2. The smallest absolute Gasteiger partial charge is 0.227 e. The lowest BCUT2D eigenvalue weighted by Crippen LogP contribution is -2.50. The molecule has 0 saturated carbocycles. The second-order valence-corrected chi connectivity index (χ2v) is 11.4.